The van der Waals surface area contributed by atoms with E-state index in [4.69, 9.17) is 9.15 Å². The first-order valence-corrected chi connectivity index (χ1v) is 7.25. The van der Waals surface area contributed by atoms with Crippen LogP contribution in [0.2, 0.25) is 0 Å². The van der Waals surface area contributed by atoms with Crippen LogP contribution in [-0.2, 0) is 20.1 Å². The maximum absolute atomic E-state index is 11.5. The summed E-state index contributed by atoms with van der Waals surface area (Å²) in [5, 5.41) is 0. The van der Waals surface area contributed by atoms with Gasteiger partial charge in [0, 0.05) is 0 Å². The highest BCUT2D eigenvalue weighted by Crippen LogP contribution is 2.24. The van der Waals surface area contributed by atoms with Gasteiger partial charge >= 0.3 is 8.25 Å². The molecule has 0 amide bonds. The summed E-state index contributed by atoms with van der Waals surface area (Å²) in [6, 6.07) is 19.1. The van der Waals surface area contributed by atoms with E-state index in [0.717, 1.165) is 11.3 Å². The van der Waals surface area contributed by atoms with Crippen molar-refractivity contribution in [2.24, 2.45) is 0 Å². The van der Waals surface area contributed by atoms with Crippen molar-refractivity contribution in [2.45, 2.75) is 6.42 Å². The Morgan fingerprint density at radius 2 is 1.58 bits per heavy atom. The van der Waals surface area contributed by atoms with Crippen LogP contribution in [0, 0.1) is 0 Å². The Hall–Kier alpha value is -1.61. The Kier molecular flexibility index (Phi) is 5.63. The SMILES string of the molecule is O=[PH](OCCc1ccccc1)ONc1ccccc1. The third-order valence-corrected chi connectivity index (χ3v) is 3.19. The van der Waals surface area contributed by atoms with Crippen LogP contribution in [0.1, 0.15) is 5.56 Å². The minimum atomic E-state index is -2.52. The van der Waals surface area contributed by atoms with E-state index < -0.39 is 8.25 Å². The minimum Gasteiger partial charge on any atom is -0.309 e. The number of nitrogens with one attached hydrogen (secondary N) is 1. The van der Waals surface area contributed by atoms with Gasteiger partial charge in [-0.3, -0.25) is 10.0 Å². The molecule has 1 unspecified atom stereocenters. The summed E-state index contributed by atoms with van der Waals surface area (Å²) in [5.74, 6) is 0. The van der Waals surface area contributed by atoms with Gasteiger partial charge in [0.2, 0.25) is 0 Å². The molecule has 100 valence electrons. The van der Waals surface area contributed by atoms with E-state index in [1.807, 2.05) is 60.7 Å². The second-order valence-corrected chi connectivity index (χ2v) is 4.90. The average molecular weight is 277 g/mol. The minimum absolute atomic E-state index is 0.373. The van der Waals surface area contributed by atoms with Crippen molar-refractivity contribution < 1.29 is 13.7 Å². The topological polar surface area (TPSA) is 47.6 Å². The molecule has 0 heterocycles. The average Bonchev–Trinajstić information content (AvgIpc) is 2.47. The molecule has 0 bridgehead atoms. The quantitative estimate of drug-likeness (QED) is 0.619. The molecule has 1 N–H and O–H groups in total. The predicted octanol–water partition coefficient (Wildman–Crippen LogP) is 3.68. The van der Waals surface area contributed by atoms with Gasteiger partial charge in [-0.05, 0) is 24.1 Å². The Balaban J connectivity index is 1.65. The molecule has 0 fully saturated rings. The first-order valence-electron chi connectivity index (χ1n) is 6.03. The van der Waals surface area contributed by atoms with E-state index in [2.05, 4.69) is 5.48 Å². The highest BCUT2D eigenvalue weighted by atomic mass is 31.1. The zero-order chi connectivity index (χ0) is 13.3. The Bertz CT molecular complexity index is 505. The number of hydrogen-bond acceptors (Lipinski definition) is 4. The van der Waals surface area contributed by atoms with Crippen LogP contribution < -0.4 is 5.48 Å². The van der Waals surface area contributed by atoms with Crippen LogP contribution >= 0.6 is 8.25 Å². The Morgan fingerprint density at radius 1 is 0.947 bits per heavy atom. The van der Waals surface area contributed by atoms with Gasteiger partial charge in [-0.25, -0.2) is 0 Å². The van der Waals surface area contributed by atoms with Gasteiger partial charge in [0.1, 0.15) is 0 Å². The van der Waals surface area contributed by atoms with Crippen molar-refractivity contribution in [3.05, 3.63) is 66.2 Å². The lowest BCUT2D eigenvalue weighted by Gasteiger charge is -2.07. The molecule has 2 aromatic carbocycles. The van der Waals surface area contributed by atoms with Gasteiger partial charge in [-0.1, -0.05) is 48.5 Å². The molecule has 1 atom stereocenters. The van der Waals surface area contributed by atoms with E-state index in [9.17, 15) is 4.57 Å². The van der Waals surface area contributed by atoms with E-state index in [0.29, 0.717) is 13.0 Å². The second kappa shape index (κ2) is 7.74. The molecule has 2 aromatic rings. The summed E-state index contributed by atoms with van der Waals surface area (Å²) in [5.41, 5.74) is 4.49. The third-order valence-electron chi connectivity index (χ3n) is 2.48. The Morgan fingerprint density at radius 3 is 2.26 bits per heavy atom. The number of hydrogen-bond donors (Lipinski definition) is 1. The molecule has 2 rings (SSSR count). The largest absolute Gasteiger partial charge is 0.340 e. The lowest BCUT2D eigenvalue weighted by molar-refractivity contribution is 0.257. The molecule has 0 saturated heterocycles. The zero-order valence-corrected chi connectivity index (χ0v) is 11.4. The number of anilines is 1. The van der Waals surface area contributed by atoms with Crippen molar-refractivity contribution in [2.75, 3.05) is 12.1 Å². The molecule has 0 spiro atoms. The highest BCUT2D eigenvalue weighted by molar-refractivity contribution is 7.33. The molecule has 0 aliphatic heterocycles. The maximum Gasteiger partial charge on any atom is 0.340 e. The molecule has 0 aliphatic rings. The Labute approximate surface area is 113 Å². The predicted molar refractivity (Wildman–Crippen MR) is 76.2 cm³/mol. The standard InChI is InChI=1S/C14H16NO3P/c16-19(18-15-14-9-5-2-6-10-14)17-12-11-13-7-3-1-4-8-13/h1-10,15,19H,11-12H2. The van der Waals surface area contributed by atoms with Gasteiger partial charge in [0.15, 0.2) is 0 Å². The normalized spacial score (nSPS) is 12.0. The maximum atomic E-state index is 11.5. The molecule has 0 radical (unpaired) electrons. The van der Waals surface area contributed by atoms with Crippen molar-refractivity contribution in [3.63, 3.8) is 0 Å². The first-order chi connectivity index (χ1) is 9.34. The molecule has 19 heavy (non-hydrogen) atoms. The molecule has 0 aliphatic carbocycles. The molecule has 0 saturated carbocycles. The third kappa shape index (κ3) is 5.26. The van der Waals surface area contributed by atoms with Crippen molar-refractivity contribution >= 4 is 13.9 Å². The van der Waals surface area contributed by atoms with Crippen LogP contribution in [0.4, 0.5) is 5.69 Å². The van der Waals surface area contributed by atoms with E-state index in [1.165, 1.54) is 0 Å². The summed E-state index contributed by atoms with van der Waals surface area (Å²) in [6.07, 6.45) is 0.714. The lowest BCUT2D eigenvalue weighted by Crippen LogP contribution is -1.98. The van der Waals surface area contributed by atoms with Gasteiger partial charge in [-0.15, -0.1) is 0 Å². The van der Waals surface area contributed by atoms with Crippen molar-refractivity contribution in [1.29, 1.82) is 0 Å². The van der Waals surface area contributed by atoms with Crippen LogP contribution in [-0.4, -0.2) is 6.61 Å². The van der Waals surface area contributed by atoms with Crippen molar-refractivity contribution in [3.8, 4) is 0 Å². The van der Waals surface area contributed by atoms with Crippen LogP contribution in [0.15, 0.2) is 60.7 Å². The smallest absolute Gasteiger partial charge is 0.309 e. The number of para-hydroxylation sites is 1. The van der Waals surface area contributed by atoms with Crippen LogP contribution in [0.5, 0.6) is 0 Å². The first kappa shape index (κ1) is 13.8. The molecule has 5 heteroatoms. The lowest BCUT2D eigenvalue weighted by atomic mass is 10.2. The summed E-state index contributed by atoms with van der Waals surface area (Å²) in [7, 11) is -2.52. The van der Waals surface area contributed by atoms with Gasteiger partial charge in [0.05, 0.1) is 12.3 Å². The fraction of sp³-hybridized carbons (Fsp3) is 0.143. The summed E-state index contributed by atoms with van der Waals surface area (Å²) in [4.78, 5) is 0. The van der Waals surface area contributed by atoms with E-state index >= 15 is 0 Å². The van der Waals surface area contributed by atoms with E-state index in [1.54, 1.807) is 0 Å². The fourth-order valence-corrected chi connectivity index (χ4v) is 2.06. The van der Waals surface area contributed by atoms with Gasteiger partial charge in [-0.2, -0.15) is 4.62 Å². The highest BCUT2D eigenvalue weighted by Gasteiger charge is 2.00. The van der Waals surface area contributed by atoms with E-state index in [-0.39, 0.29) is 0 Å². The molecule has 0 aromatic heterocycles. The van der Waals surface area contributed by atoms with Gasteiger partial charge in [0.25, 0.3) is 0 Å². The van der Waals surface area contributed by atoms with Crippen LogP contribution in [0.3, 0.4) is 0 Å². The second-order valence-electron chi connectivity index (χ2n) is 3.90. The van der Waals surface area contributed by atoms with Gasteiger partial charge < -0.3 is 4.52 Å². The summed E-state index contributed by atoms with van der Waals surface area (Å²) in [6.45, 7) is 0.373. The fourth-order valence-electron chi connectivity index (χ4n) is 1.53. The zero-order valence-electron chi connectivity index (χ0n) is 10.4. The van der Waals surface area contributed by atoms with Crippen molar-refractivity contribution in [1.82, 2.24) is 0 Å². The molecular weight excluding hydrogens is 261 g/mol. The summed E-state index contributed by atoms with van der Waals surface area (Å²) < 4.78 is 21.6. The monoisotopic (exact) mass is 277 g/mol. The number of rotatable bonds is 7. The number of benzene rings is 2. The summed E-state index contributed by atoms with van der Waals surface area (Å²) >= 11 is 0. The molecular formula is C14H16NO3P. The van der Waals surface area contributed by atoms with Crippen LogP contribution in [0.25, 0.3) is 0 Å². The molecule has 4 nitrogen and oxygen atoms in total.